The zero-order chi connectivity index (χ0) is 38.5. The Hall–Kier alpha value is -6.98. The van der Waals surface area contributed by atoms with Gasteiger partial charge in [-0.25, -0.2) is 0 Å². The number of furan rings is 1. The molecule has 0 aliphatic rings. The van der Waals surface area contributed by atoms with Crippen molar-refractivity contribution in [1.29, 1.82) is 0 Å². The topological polar surface area (TPSA) is 16.4 Å². The van der Waals surface area contributed by atoms with Gasteiger partial charge in [0.25, 0.3) is 0 Å². The summed E-state index contributed by atoms with van der Waals surface area (Å²) in [5, 5.41) is 10.1. The number of rotatable bonds is 8. The minimum Gasteiger partial charge on any atom is -0.453 e. The molecule has 0 unspecified atom stereocenters. The summed E-state index contributed by atoms with van der Waals surface area (Å²) < 4.78 is 9.60. The lowest BCUT2D eigenvalue weighted by molar-refractivity contribution is 0.670. The number of hydrogen-bond donors (Lipinski definition) is 0. The van der Waals surface area contributed by atoms with Gasteiger partial charge in [0, 0.05) is 37.5 Å². The molecular weight excluding hydrogens is 739 g/mol. The van der Waals surface area contributed by atoms with Gasteiger partial charge in [-0.3, -0.25) is 0 Å². The van der Waals surface area contributed by atoms with Crippen molar-refractivity contribution in [2.75, 3.05) is 4.90 Å². The first-order valence-corrected chi connectivity index (χ1v) is 22.6. The van der Waals surface area contributed by atoms with Crippen LogP contribution in [0.4, 0.5) is 17.1 Å². The van der Waals surface area contributed by atoms with Crippen LogP contribution in [0.3, 0.4) is 0 Å². The van der Waals surface area contributed by atoms with Crippen LogP contribution in [0.5, 0.6) is 0 Å². The monoisotopic (exact) mass is 775 g/mol. The number of thiophene rings is 1. The van der Waals surface area contributed by atoms with E-state index in [2.05, 4.69) is 229 Å². The molecule has 4 heteroatoms. The van der Waals surface area contributed by atoms with E-state index in [4.69, 9.17) is 4.42 Å². The molecule has 0 fully saturated rings. The molecule has 0 N–H and O–H groups in total. The van der Waals surface area contributed by atoms with Gasteiger partial charge in [0.1, 0.15) is 5.58 Å². The maximum absolute atomic E-state index is 7.08. The Bertz CT molecular complexity index is 3120. The van der Waals surface area contributed by atoms with Crippen LogP contribution in [0.2, 0.25) is 0 Å². The normalized spacial score (nSPS) is 11.8. The molecule has 0 amide bonds. The molecule has 2 aromatic heterocycles. The Morgan fingerprint density at radius 1 is 0.362 bits per heavy atom. The van der Waals surface area contributed by atoms with Crippen LogP contribution in [-0.2, 0) is 0 Å². The third kappa shape index (κ3) is 5.45. The maximum Gasteiger partial charge on any atom is 0.179 e. The van der Waals surface area contributed by atoms with Crippen LogP contribution in [0.1, 0.15) is 0 Å². The van der Waals surface area contributed by atoms with Gasteiger partial charge in [0.2, 0.25) is 0 Å². The predicted octanol–water partition coefficient (Wildman–Crippen LogP) is 12.5. The Balaban J connectivity index is 1.17. The van der Waals surface area contributed by atoms with Crippen molar-refractivity contribution in [2.24, 2.45) is 0 Å². The van der Waals surface area contributed by atoms with Crippen molar-refractivity contribution in [3.63, 3.8) is 0 Å². The molecule has 0 bridgehead atoms. The third-order valence-corrected chi connectivity index (χ3v) is 17.6. The molecule has 58 heavy (non-hydrogen) atoms. The predicted molar refractivity (Wildman–Crippen MR) is 250 cm³/mol. The number of hydrogen-bond acceptors (Lipinski definition) is 3. The van der Waals surface area contributed by atoms with Gasteiger partial charge in [-0.1, -0.05) is 194 Å². The van der Waals surface area contributed by atoms with Gasteiger partial charge in [0.15, 0.2) is 13.7 Å². The summed E-state index contributed by atoms with van der Waals surface area (Å²) in [6.45, 7) is 0. The van der Waals surface area contributed by atoms with E-state index in [1.807, 2.05) is 11.3 Å². The van der Waals surface area contributed by atoms with Crippen molar-refractivity contribution in [2.45, 2.75) is 0 Å². The van der Waals surface area contributed by atoms with Crippen LogP contribution in [0.15, 0.2) is 229 Å². The second kappa shape index (κ2) is 14.2. The van der Waals surface area contributed by atoms with Gasteiger partial charge in [-0.15, -0.1) is 11.3 Å². The van der Waals surface area contributed by atoms with Gasteiger partial charge in [-0.05, 0) is 56.6 Å². The first kappa shape index (κ1) is 34.3. The van der Waals surface area contributed by atoms with Crippen LogP contribution < -0.4 is 25.6 Å². The highest BCUT2D eigenvalue weighted by Gasteiger charge is 2.41. The molecule has 9 aromatic carbocycles. The number of fused-ring (bicyclic) bond motifs is 6. The SMILES string of the molecule is c1ccc(-c2cccc3c2oc2c(N(c4ccc([Si](c5ccccc5)(c5ccccc5)c5ccccc5)cc4)c4cccc5c4sc4ccccc45)cccc23)cc1. The molecule has 0 aliphatic carbocycles. The Kier molecular flexibility index (Phi) is 8.39. The first-order valence-electron chi connectivity index (χ1n) is 19.8. The number of benzene rings is 9. The van der Waals surface area contributed by atoms with Crippen LogP contribution in [0.25, 0.3) is 53.2 Å². The van der Waals surface area contributed by atoms with E-state index >= 15 is 0 Å². The van der Waals surface area contributed by atoms with Gasteiger partial charge >= 0.3 is 0 Å². The minimum atomic E-state index is -2.72. The molecule has 274 valence electrons. The largest absolute Gasteiger partial charge is 0.453 e. The molecular formula is C54H37NOSSi. The van der Waals surface area contributed by atoms with Crippen molar-refractivity contribution < 1.29 is 4.42 Å². The molecule has 11 aromatic rings. The highest BCUT2D eigenvalue weighted by molar-refractivity contribution is 7.26. The van der Waals surface area contributed by atoms with Crippen molar-refractivity contribution in [3.8, 4) is 11.1 Å². The molecule has 0 saturated heterocycles. The number of para-hydroxylation sites is 2. The number of nitrogens with zero attached hydrogens (tertiary/aromatic N) is 1. The number of anilines is 3. The summed E-state index contributed by atoms with van der Waals surface area (Å²) >= 11 is 1.85. The van der Waals surface area contributed by atoms with Crippen LogP contribution >= 0.6 is 11.3 Å². The van der Waals surface area contributed by atoms with E-state index in [0.717, 1.165) is 50.1 Å². The maximum atomic E-state index is 7.08. The zero-order valence-corrected chi connectivity index (χ0v) is 33.4. The van der Waals surface area contributed by atoms with Gasteiger partial charge in [0.05, 0.1) is 16.1 Å². The zero-order valence-electron chi connectivity index (χ0n) is 31.6. The third-order valence-electron chi connectivity index (χ3n) is 11.6. The smallest absolute Gasteiger partial charge is 0.179 e. The van der Waals surface area contributed by atoms with E-state index in [1.165, 1.54) is 40.9 Å². The standard InChI is InChI=1S/C54H37NOSSi/c1-5-18-38(19-6-1)44-27-15-28-46-47-29-16-31-49(53(47)56-52(44)46)55(50-32-17-30-48-45-26-13-14-33-51(45)57-54(48)50)39-34-36-43(37-35-39)58(40-20-7-2-8-21-40,41-22-9-3-10-23-41)42-24-11-4-12-25-42/h1-37H. The molecule has 0 aliphatic heterocycles. The van der Waals surface area contributed by atoms with E-state index in [-0.39, 0.29) is 0 Å². The quantitative estimate of drug-likeness (QED) is 0.113. The average molecular weight is 776 g/mol. The lowest BCUT2D eigenvalue weighted by Crippen LogP contribution is -2.74. The Morgan fingerprint density at radius 3 is 1.48 bits per heavy atom. The Morgan fingerprint density at radius 2 is 0.845 bits per heavy atom. The summed E-state index contributed by atoms with van der Waals surface area (Å²) in [5.41, 5.74) is 7.19. The second-order valence-corrected chi connectivity index (χ2v) is 19.6. The summed E-state index contributed by atoms with van der Waals surface area (Å²) in [6, 6.07) is 81.9. The lowest BCUT2D eigenvalue weighted by atomic mass is 10.0. The molecule has 2 heterocycles. The summed E-state index contributed by atoms with van der Waals surface area (Å²) in [4.78, 5) is 2.42. The first-order chi connectivity index (χ1) is 28.8. The highest BCUT2D eigenvalue weighted by atomic mass is 32.1. The van der Waals surface area contributed by atoms with E-state index in [1.54, 1.807) is 0 Å². The molecule has 0 saturated carbocycles. The molecule has 11 rings (SSSR count). The second-order valence-electron chi connectivity index (χ2n) is 14.8. The molecule has 2 nitrogen and oxygen atoms in total. The fourth-order valence-corrected chi connectivity index (χ4v) is 15.0. The van der Waals surface area contributed by atoms with Crippen molar-refractivity contribution in [3.05, 3.63) is 224 Å². The van der Waals surface area contributed by atoms with Gasteiger partial charge in [-0.2, -0.15) is 0 Å². The van der Waals surface area contributed by atoms with E-state index in [9.17, 15) is 0 Å². The molecule has 0 atom stereocenters. The molecule has 0 radical (unpaired) electrons. The van der Waals surface area contributed by atoms with Gasteiger partial charge < -0.3 is 9.32 Å². The van der Waals surface area contributed by atoms with Crippen molar-refractivity contribution in [1.82, 2.24) is 0 Å². The van der Waals surface area contributed by atoms with E-state index < -0.39 is 8.07 Å². The van der Waals surface area contributed by atoms with E-state index in [0.29, 0.717) is 0 Å². The fourth-order valence-electron chi connectivity index (χ4n) is 9.07. The highest BCUT2D eigenvalue weighted by Crippen LogP contribution is 2.48. The summed E-state index contributed by atoms with van der Waals surface area (Å²) in [7, 11) is -2.72. The van der Waals surface area contributed by atoms with Crippen LogP contribution in [-0.4, -0.2) is 8.07 Å². The summed E-state index contributed by atoms with van der Waals surface area (Å²) in [6.07, 6.45) is 0. The minimum absolute atomic E-state index is 0.865. The average Bonchev–Trinajstić information content (AvgIpc) is 3.89. The summed E-state index contributed by atoms with van der Waals surface area (Å²) in [5.74, 6) is 0. The molecule has 0 spiro atoms. The Labute approximate surface area is 342 Å². The lowest BCUT2D eigenvalue weighted by Gasteiger charge is -2.35. The fraction of sp³-hybridized carbons (Fsp3) is 0. The van der Waals surface area contributed by atoms with Crippen LogP contribution in [0, 0.1) is 0 Å². The van der Waals surface area contributed by atoms with Crippen molar-refractivity contribution >= 4 is 99.3 Å².